The fraction of sp³-hybridized carbons (Fsp3) is 0.143. The average Bonchev–Trinajstić information content (AvgIpc) is 3.15. The highest BCUT2D eigenvalue weighted by molar-refractivity contribution is 6.14. The molecule has 0 spiro atoms. The van der Waals surface area contributed by atoms with Gasteiger partial charge in [-0.1, -0.05) is 18.2 Å². The highest BCUT2D eigenvalue weighted by Crippen LogP contribution is 2.28. The number of rotatable bonds is 5. The van der Waals surface area contributed by atoms with E-state index in [0.717, 1.165) is 26.9 Å². The molecule has 0 aliphatic carbocycles. The van der Waals surface area contributed by atoms with Crippen LogP contribution in [0.25, 0.3) is 17.0 Å². The van der Waals surface area contributed by atoms with Crippen molar-refractivity contribution in [2.75, 3.05) is 0 Å². The summed E-state index contributed by atoms with van der Waals surface area (Å²) in [7, 11) is 0. The number of fused-ring (bicyclic) bond motifs is 1. The van der Waals surface area contributed by atoms with Crippen LogP contribution in [0.5, 0.6) is 0 Å². The molecule has 1 aliphatic heterocycles. The highest BCUT2D eigenvalue weighted by atomic mass is 19.1. The van der Waals surface area contributed by atoms with Crippen molar-refractivity contribution in [3.63, 3.8) is 0 Å². The summed E-state index contributed by atoms with van der Waals surface area (Å²) in [5.74, 6) is -0.841. The number of nitrogens with one attached hydrogen (secondary N) is 2. The summed E-state index contributed by atoms with van der Waals surface area (Å²) in [5, 5.41) is 5.52. The summed E-state index contributed by atoms with van der Waals surface area (Å²) in [4.78, 5) is 35.9. The first-order chi connectivity index (χ1) is 13.9. The molecule has 3 amide bonds. The van der Waals surface area contributed by atoms with Crippen molar-refractivity contribution in [1.82, 2.24) is 15.2 Å². The van der Waals surface area contributed by atoms with E-state index in [-0.39, 0.29) is 24.7 Å². The minimum absolute atomic E-state index is 0.0610. The molecule has 1 saturated heterocycles. The van der Waals surface area contributed by atoms with Crippen LogP contribution >= 0.6 is 0 Å². The number of hydrogen-bond donors (Lipinski definition) is 2. The zero-order chi connectivity index (χ0) is 20.5. The number of para-hydroxylation sites is 1. The number of urea groups is 1. The van der Waals surface area contributed by atoms with E-state index in [2.05, 4.69) is 10.6 Å². The Kier molecular flexibility index (Phi) is 4.67. The highest BCUT2D eigenvalue weighted by Gasteiger charge is 2.25. The van der Waals surface area contributed by atoms with Gasteiger partial charge in [-0.05, 0) is 43.3 Å². The van der Waals surface area contributed by atoms with E-state index in [1.54, 1.807) is 18.2 Å². The van der Waals surface area contributed by atoms with Gasteiger partial charge in [-0.25, -0.2) is 9.18 Å². The molecule has 2 heterocycles. The molecule has 0 bridgehead atoms. The maximum atomic E-state index is 13.1. The normalized spacial score (nSPS) is 15.0. The minimum Gasteiger partial charge on any atom is -0.303 e. The summed E-state index contributed by atoms with van der Waals surface area (Å²) < 4.78 is 15.8. The number of aromatic nitrogens is 1. The van der Waals surface area contributed by atoms with Crippen molar-refractivity contribution < 1.29 is 18.7 Å². The van der Waals surface area contributed by atoms with E-state index >= 15 is 0 Å². The minimum atomic E-state index is -0.562. The second-order valence-corrected chi connectivity index (χ2v) is 6.82. The maximum absolute atomic E-state index is 13.1. The molecule has 8 heteroatoms. The van der Waals surface area contributed by atoms with Crippen molar-refractivity contribution >= 4 is 28.9 Å². The first-order valence-corrected chi connectivity index (χ1v) is 9.01. The molecule has 2 N–H and O–H groups in total. The summed E-state index contributed by atoms with van der Waals surface area (Å²) in [6, 6.07) is 12.8. The van der Waals surface area contributed by atoms with Gasteiger partial charge in [-0.15, -0.1) is 0 Å². The first kappa shape index (κ1) is 18.5. The van der Waals surface area contributed by atoms with Gasteiger partial charge in [0.1, 0.15) is 11.5 Å². The predicted molar refractivity (Wildman–Crippen MR) is 105 cm³/mol. The van der Waals surface area contributed by atoms with Crippen molar-refractivity contribution in [2.24, 2.45) is 0 Å². The zero-order valence-electron chi connectivity index (χ0n) is 15.6. The quantitative estimate of drug-likeness (QED) is 0.397. The Balaban J connectivity index is 1.68. The van der Waals surface area contributed by atoms with Gasteiger partial charge in [-0.2, -0.15) is 0 Å². The van der Waals surface area contributed by atoms with Gasteiger partial charge in [0.05, 0.1) is 5.52 Å². The molecule has 0 saturated carbocycles. The molecule has 3 aromatic rings. The molecule has 2 aromatic carbocycles. The molecule has 146 valence electrons. The third-order valence-electron chi connectivity index (χ3n) is 4.86. The van der Waals surface area contributed by atoms with Crippen molar-refractivity contribution in [3.8, 4) is 0 Å². The van der Waals surface area contributed by atoms with E-state index < -0.39 is 11.9 Å². The van der Waals surface area contributed by atoms with Crippen LogP contribution in [0.4, 0.5) is 9.18 Å². The smallest absolute Gasteiger partial charge is 0.303 e. The number of hydrogen-bond acceptors (Lipinski definition) is 3. The molecule has 0 radical (unpaired) electrons. The molecule has 1 aliphatic rings. The van der Waals surface area contributed by atoms with Crippen molar-refractivity contribution in [1.29, 1.82) is 0 Å². The van der Waals surface area contributed by atoms with Crippen LogP contribution in [0.1, 0.15) is 16.8 Å². The van der Waals surface area contributed by atoms with Crippen LogP contribution in [-0.4, -0.2) is 21.3 Å². The number of nitroso groups, excluding NO2 is 1. The summed E-state index contributed by atoms with van der Waals surface area (Å²) in [6.45, 7) is 2.03. The van der Waals surface area contributed by atoms with Crippen molar-refractivity contribution in [3.05, 3.63) is 81.8 Å². The summed E-state index contributed by atoms with van der Waals surface area (Å²) in [5.41, 5.74) is 3.24. The number of benzene rings is 2. The first-order valence-electron chi connectivity index (χ1n) is 9.01. The van der Waals surface area contributed by atoms with Crippen LogP contribution in [0.3, 0.4) is 0 Å². The molecule has 1 aromatic heterocycles. The Morgan fingerprint density at radius 1 is 1.07 bits per heavy atom. The number of carbonyl (C=O) groups is 2. The van der Waals surface area contributed by atoms with E-state index in [1.165, 1.54) is 12.1 Å². The topological polar surface area (TPSA) is 83.2 Å². The lowest BCUT2D eigenvalue weighted by molar-refractivity contribution is -0.594. The Morgan fingerprint density at radius 3 is 2.48 bits per heavy atom. The fourth-order valence-corrected chi connectivity index (χ4v) is 3.45. The molecule has 4 rings (SSSR count). The molecule has 1 fully saturated rings. The van der Waals surface area contributed by atoms with Gasteiger partial charge in [0.25, 0.3) is 12.6 Å². The van der Waals surface area contributed by atoms with E-state index in [4.69, 9.17) is 0 Å². The molecule has 7 nitrogen and oxygen atoms in total. The molecule has 0 unspecified atom stereocenters. The zero-order valence-corrected chi connectivity index (χ0v) is 15.6. The second kappa shape index (κ2) is 7.31. The van der Waals surface area contributed by atoms with Gasteiger partial charge in [0.2, 0.25) is 6.54 Å². The largest absolute Gasteiger partial charge is 0.326 e. The van der Waals surface area contributed by atoms with Crippen LogP contribution in [0.15, 0.2) is 54.2 Å². The van der Waals surface area contributed by atoms with Crippen LogP contribution in [0, 0.1) is 17.6 Å². The molecule has 0 atom stereocenters. The van der Waals surface area contributed by atoms with Crippen LogP contribution < -0.4 is 10.6 Å². The van der Waals surface area contributed by atoms with Crippen LogP contribution in [-0.2, 0) is 18.0 Å². The van der Waals surface area contributed by atoms with Crippen molar-refractivity contribution in [2.45, 2.75) is 20.1 Å². The number of imide groups is 1. The molecular weight excluding hydrogens is 375 g/mol. The molecule has 29 heavy (non-hydrogen) atoms. The number of amides is 3. The van der Waals surface area contributed by atoms with Gasteiger partial charge in [-0.3, -0.25) is 14.7 Å². The Hall–Kier alpha value is -3.81. The monoisotopic (exact) mass is 393 g/mol. The number of nitrogens with zero attached hydrogens (tertiary/aromatic N) is 2. The van der Waals surface area contributed by atoms with Gasteiger partial charge in [0, 0.05) is 31.9 Å². The summed E-state index contributed by atoms with van der Waals surface area (Å²) >= 11 is 0. The maximum Gasteiger partial charge on any atom is 0.326 e. The van der Waals surface area contributed by atoms with E-state index in [0.29, 0.717) is 5.56 Å². The second-order valence-electron chi connectivity index (χ2n) is 6.82. The van der Waals surface area contributed by atoms with Crippen LogP contribution in [0.2, 0.25) is 0 Å². The third-order valence-corrected chi connectivity index (χ3v) is 4.86. The lowest BCUT2D eigenvalue weighted by atomic mass is 10.1. The Labute approximate surface area is 165 Å². The lowest BCUT2D eigenvalue weighted by Gasteiger charge is -2.03. The summed E-state index contributed by atoms with van der Waals surface area (Å²) in [6.07, 6.45) is 1.61. The Morgan fingerprint density at radius 2 is 1.79 bits per heavy atom. The number of halogens is 1. The number of carbonyl (C=O) groups excluding carboxylic acids is 2. The Bertz CT molecular complexity index is 1180. The average molecular weight is 393 g/mol. The standard InChI is InChI=1S/C21H17FN4O3/c1-13-17(10-18-20(27)24-21(28)23-18)16-4-2-3-5-19(16)26(13)12-25(29)11-14-6-8-15(22)9-7-14/h2-10H,11-12H2,1H3,(H-,23,24,27,28)/p+1/b18-10+. The van der Waals surface area contributed by atoms with Gasteiger partial charge >= 0.3 is 6.03 Å². The third kappa shape index (κ3) is 3.64. The van der Waals surface area contributed by atoms with Gasteiger partial charge < -0.3 is 5.32 Å². The van der Waals surface area contributed by atoms with Gasteiger partial charge in [0.15, 0.2) is 0 Å². The lowest BCUT2D eigenvalue weighted by Crippen LogP contribution is -2.22. The van der Waals surface area contributed by atoms with E-state index in [1.807, 2.05) is 35.8 Å². The fourth-order valence-electron chi connectivity index (χ4n) is 3.45. The van der Waals surface area contributed by atoms with E-state index in [9.17, 15) is 18.9 Å². The molecular formula is C21H18FN4O3+. The SMILES string of the molecule is Cc1c(/C=C2/NC(=O)NC2=O)c2ccccc2n1C[N+](=O)Cc1ccc(F)cc1. The predicted octanol–water partition coefficient (Wildman–Crippen LogP) is 3.21.